The highest BCUT2D eigenvalue weighted by Crippen LogP contribution is 2.50. The van der Waals surface area contributed by atoms with Crippen LogP contribution in [0.15, 0.2) is 78.9 Å². The zero-order valence-electron chi connectivity index (χ0n) is 39.8. The lowest BCUT2D eigenvalue weighted by atomic mass is 9.80. The lowest BCUT2D eigenvalue weighted by Gasteiger charge is -2.39. The first kappa shape index (κ1) is 50.7. The van der Waals surface area contributed by atoms with Crippen LogP contribution >= 0.6 is 8.53 Å². The number of nitriles is 1. The number of methoxy groups -OCH3 is 2. The fraction of sp³-hybridized carbons (Fsp3) is 0.540. The van der Waals surface area contributed by atoms with Crippen molar-refractivity contribution in [3.05, 3.63) is 95.6 Å². The molecule has 346 valence electrons. The number of amides is 3. The van der Waals surface area contributed by atoms with Crippen molar-refractivity contribution in [2.24, 2.45) is 5.92 Å². The largest absolute Gasteiger partial charge is 0.497 e. The number of rotatable bonds is 20. The lowest BCUT2D eigenvalue weighted by molar-refractivity contribution is -0.128. The molecular weight excluding hydrogens is 844 g/mol. The summed E-state index contributed by atoms with van der Waals surface area (Å²) in [6, 6.07) is 27.4. The zero-order valence-corrected chi connectivity index (χ0v) is 41.7. The van der Waals surface area contributed by atoms with Gasteiger partial charge in [-0.3, -0.25) is 15.0 Å². The Hall–Kier alpha value is -4.30. The van der Waals surface area contributed by atoms with E-state index in [1.165, 1.54) is 0 Å². The smallest absolute Gasteiger partial charge is 0.326 e. The Morgan fingerprint density at radius 3 is 1.84 bits per heavy atom. The van der Waals surface area contributed by atoms with Gasteiger partial charge >= 0.3 is 6.03 Å². The van der Waals surface area contributed by atoms with Crippen LogP contribution in [0.3, 0.4) is 0 Å². The first-order valence-electron chi connectivity index (χ1n) is 22.6. The second kappa shape index (κ2) is 22.7. The quantitative estimate of drug-likeness (QED) is 0.0384. The van der Waals surface area contributed by atoms with Crippen molar-refractivity contribution in [1.82, 2.24) is 14.9 Å². The highest BCUT2D eigenvalue weighted by molar-refractivity contribution is 7.44. The fourth-order valence-electron chi connectivity index (χ4n) is 9.48. The van der Waals surface area contributed by atoms with E-state index in [0.29, 0.717) is 28.1 Å². The van der Waals surface area contributed by atoms with Crippen molar-refractivity contribution in [2.45, 2.75) is 135 Å². The highest BCUT2D eigenvalue weighted by Gasteiger charge is 2.49. The molecule has 12 nitrogen and oxygen atoms in total. The summed E-state index contributed by atoms with van der Waals surface area (Å²) in [4.78, 5) is 28.9. The summed E-state index contributed by atoms with van der Waals surface area (Å²) in [5.41, 5.74) is 6.26. The summed E-state index contributed by atoms with van der Waals surface area (Å²) >= 11 is 0. The van der Waals surface area contributed by atoms with Gasteiger partial charge in [-0.25, -0.2) is 9.46 Å². The van der Waals surface area contributed by atoms with Gasteiger partial charge in [0.25, 0.3) is 8.53 Å². The normalized spacial score (nSPS) is 19.9. The Kier molecular flexibility index (Phi) is 18.0. The molecule has 2 unspecified atom stereocenters. The highest BCUT2D eigenvalue weighted by atomic mass is 31.2. The van der Waals surface area contributed by atoms with E-state index in [4.69, 9.17) is 28.0 Å². The number of nitrogens with one attached hydrogen (secondary N) is 1. The standard InChI is InChI=1S/C50H69N4O8PSi/c1-34(2)54(35(3)4)63(60-29-16-28-51)62-45-31-47(53-32-39(48(55)52-49(53)56)27-30-64(36(5)6,37(7)8)38(9)10)61-46(45)33-59-50(40-17-14-13-15-18-40,41-19-23-43(57-11)24-20-41)42-21-25-44(58-12)26-22-42/h13-15,17-26,34-39,45-47H,16,29,31-33H2,1-12H3,(H,52,55,56)/t39?,45-,46+,47+,63?/m0/s1. The summed E-state index contributed by atoms with van der Waals surface area (Å²) < 4.78 is 41.1. The van der Waals surface area contributed by atoms with Crippen molar-refractivity contribution < 1.29 is 37.6 Å². The summed E-state index contributed by atoms with van der Waals surface area (Å²) in [6.45, 7) is 22.1. The molecule has 3 aromatic rings. The van der Waals surface area contributed by atoms with E-state index in [9.17, 15) is 14.9 Å². The maximum atomic E-state index is 13.9. The molecular formula is C50H69N4O8PSi. The third-order valence-corrected chi connectivity index (χ3v) is 21.0. The maximum absolute atomic E-state index is 13.9. The molecule has 0 saturated carbocycles. The van der Waals surface area contributed by atoms with Crippen LogP contribution in [-0.4, -0.2) is 94.1 Å². The van der Waals surface area contributed by atoms with Crippen LogP contribution in [0.1, 0.15) is 98.8 Å². The molecule has 2 saturated heterocycles. The van der Waals surface area contributed by atoms with Gasteiger partial charge in [0.15, 0.2) is 0 Å². The van der Waals surface area contributed by atoms with Gasteiger partial charge in [0.2, 0.25) is 5.91 Å². The molecule has 14 heteroatoms. The first-order chi connectivity index (χ1) is 30.5. The van der Waals surface area contributed by atoms with Gasteiger partial charge in [-0.2, -0.15) is 5.26 Å². The molecule has 2 fully saturated rings. The Morgan fingerprint density at radius 1 is 0.828 bits per heavy atom. The first-order valence-corrected chi connectivity index (χ1v) is 25.9. The summed E-state index contributed by atoms with van der Waals surface area (Å²) in [5.74, 6) is 3.66. The predicted molar refractivity (Wildman–Crippen MR) is 254 cm³/mol. The molecule has 5 rings (SSSR count). The molecule has 2 heterocycles. The van der Waals surface area contributed by atoms with E-state index in [1.54, 1.807) is 19.1 Å². The fourth-order valence-corrected chi connectivity index (χ4v) is 16.5. The van der Waals surface area contributed by atoms with Gasteiger partial charge in [0.05, 0.1) is 46.0 Å². The van der Waals surface area contributed by atoms with Crippen LogP contribution in [0.25, 0.3) is 0 Å². The predicted octanol–water partition coefficient (Wildman–Crippen LogP) is 10.2. The van der Waals surface area contributed by atoms with Gasteiger partial charge in [0.1, 0.15) is 43.4 Å². The Labute approximate surface area is 384 Å². The number of imide groups is 1. The van der Waals surface area contributed by atoms with Crippen molar-refractivity contribution in [1.29, 1.82) is 5.26 Å². The molecule has 5 atom stereocenters. The number of ether oxygens (including phenoxy) is 4. The minimum Gasteiger partial charge on any atom is -0.497 e. The average molecular weight is 913 g/mol. The number of nitrogens with zero attached hydrogens (tertiary/aromatic N) is 3. The van der Waals surface area contributed by atoms with Crippen LogP contribution in [0, 0.1) is 28.7 Å². The molecule has 64 heavy (non-hydrogen) atoms. The van der Waals surface area contributed by atoms with E-state index in [-0.39, 0.29) is 44.7 Å². The molecule has 2 aliphatic rings. The molecule has 0 bridgehead atoms. The molecule has 0 spiro atoms. The number of hydrogen-bond donors (Lipinski definition) is 1. The zero-order chi connectivity index (χ0) is 46.8. The van der Waals surface area contributed by atoms with Gasteiger partial charge in [-0.1, -0.05) is 102 Å². The number of carbonyl (C=O) groups is 2. The Bertz CT molecular complexity index is 2010. The van der Waals surface area contributed by atoms with E-state index in [1.807, 2.05) is 78.9 Å². The molecule has 1 N–H and O–H groups in total. The second-order valence-electron chi connectivity index (χ2n) is 18.0. The molecule has 2 aliphatic heterocycles. The van der Waals surface area contributed by atoms with Gasteiger partial charge < -0.3 is 28.0 Å². The number of hydrogen-bond acceptors (Lipinski definition) is 10. The second-order valence-corrected chi connectivity index (χ2v) is 25.0. The van der Waals surface area contributed by atoms with Crippen molar-refractivity contribution in [2.75, 3.05) is 34.0 Å². The Morgan fingerprint density at radius 2 is 1.36 bits per heavy atom. The monoisotopic (exact) mass is 912 g/mol. The number of carbonyl (C=O) groups excluding carboxylic acids is 2. The SMILES string of the molecule is COc1ccc(C(OC[C@H]2O[C@@H](N3CC(C#C[Si](C(C)C)(C(C)C)C(C)C)C(=O)NC3=O)C[C@@H]2OP(OCCC#N)N(C(C)C)C(C)C)(c2ccccc2)c2ccc(OC)cc2)cc1. The third kappa shape index (κ3) is 11.2. The molecule has 0 radical (unpaired) electrons. The maximum Gasteiger partial charge on any atom is 0.326 e. The van der Waals surface area contributed by atoms with E-state index in [2.05, 4.69) is 96.8 Å². The average Bonchev–Trinajstić information content (AvgIpc) is 3.66. The van der Waals surface area contributed by atoms with Crippen LogP contribution in [0.5, 0.6) is 11.5 Å². The molecule has 3 aromatic carbocycles. The minimum absolute atomic E-state index is 0.0295. The van der Waals surface area contributed by atoms with Gasteiger partial charge in [-0.05, 0) is 85.3 Å². The number of urea groups is 1. The van der Waals surface area contributed by atoms with Crippen LogP contribution in [0.2, 0.25) is 16.6 Å². The van der Waals surface area contributed by atoms with Crippen molar-refractivity contribution in [3.8, 4) is 29.0 Å². The van der Waals surface area contributed by atoms with Crippen LogP contribution in [0.4, 0.5) is 4.79 Å². The van der Waals surface area contributed by atoms with Crippen LogP contribution in [-0.2, 0) is 28.9 Å². The van der Waals surface area contributed by atoms with E-state index in [0.717, 1.165) is 16.7 Å². The minimum atomic E-state index is -2.18. The van der Waals surface area contributed by atoms with E-state index >= 15 is 0 Å². The summed E-state index contributed by atoms with van der Waals surface area (Å²) in [6.07, 6.45) is -1.66. The van der Waals surface area contributed by atoms with E-state index < -0.39 is 58.5 Å². The van der Waals surface area contributed by atoms with Crippen LogP contribution < -0.4 is 14.8 Å². The van der Waals surface area contributed by atoms with Gasteiger partial charge in [0, 0.05) is 25.0 Å². The summed E-state index contributed by atoms with van der Waals surface area (Å²) in [7, 11) is -0.617. The van der Waals surface area contributed by atoms with Gasteiger partial charge in [-0.15, -0.1) is 5.54 Å². The third-order valence-electron chi connectivity index (χ3n) is 12.6. The van der Waals surface area contributed by atoms with Crippen molar-refractivity contribution >= 4 is 28.5 Å². The summed E-state index contributed by atoms with van der Waals surface area (Å²) in [5, 5.41) is 12.1. The number of benzene rings is 3. The Balaban J connectivity index is 1.59. The van der Waals surface area contributed by atoms with Crippen molar-refractivity contribution in [3.63, 3.8) is 0 Å². The topological polar surface area (TPSA) is 132 Å². The molecule has 0 aromatic heterocycles. The lowest BCUT2D eigenvalue weighted by Crippen LogP contribution is -2.57. The molecule has 0 aliphatic carbocycles. The molecule has 3 amide bonds.